The number of nitro benzene ring substituents is 1. The summed E-state index contributed by atoms with van der Waals surface area (Å²) in [5, 5.41) is 10.8. The topological polar surface area (TPSA) is 69.4 Å². The minimum atomic E-state index is -0.479. The van der Waals surface area contributed by atoms with Crippen molar-refractivity contribution < 1.29 is 14.5 Å². The molecule has 1 fully saturated rings. The molecule has 0 bridgehead atoms. The van der Waals surface area contributed by atoms with Crippen molar-refractivity contribution in [2.45, 2.75) is 17.8 Å². The van der Waals surface area contributed by atoms with Gasteiger partial charge in [-0.05, 0) is 34.4 Å². The number of esters is 1. The van der Waals surface area contributed by atoms with Gasteiger partial charge >= 0.3 is 5.97 Å². The van der Waals surface area contributed by atoms with Crippen LogP contribution in [0.5, 0.6) is 0 Å². The largest absolute Gasteiger partial charge is 0.461 e. The Morgan fingerprint density at radius 3 is 1.90 bits per heavy atom. The number of nitrogens with zero attached hydrogens (tertiary/aromatic N) is 1. The molecule has 0 N–H and O–H groups in total. The second-order valence-electron chi connectivity index (χ2n) is 8.14. The molecule has 1 saturated carbocycles. The van der Waals surface area contributed by atoms with Gasteiger partial charge in [0.15, 0.2) is 0 Å². The van der Waals surface area contributed by atoms with Gasteiger partial charge in [0.25, 0.3) is 5.69 Å². The van der Waals surface area contributed by atoms with Crippen LogP contribution >= 0.6 is 0 Å². The molecule has 3 aliphatic rings. The summed E-state index contributed by atoms with van der Waals surface area (Å²) in [5.74, 6) is 0.611. The molecule has 0 radical (unpaired) electrons. The van der Waals surface area contributed by atoms with Gasteiger partial charge in [0.2, 0.25) is 0 Å². The van der Waals surface area contributed by atoms with Crippen LogP contribution in [0, 0.1) is 15.5 Å². The molecule has 0 spiro atoms. The third-order valence-corrected chi connectivity index (χ3v) is 6.97. The molecule has 5 heteroatoms. The molecule has 3 aromatic carbocycles. The smallest absolute Gasteiger partial charge is 0.338 e. The van der Waals surface area contributed by atoms with E-state index in [0.717, 1.165) is 0 Å². The molecule has 0 aromatic heterocycles. The van der Waals surface area contributed by atoms with Crippen LogP contribution < -0.4 is 0 Å². The molecular formula is C24H17NO4. The van der Waals surface area contributed by atoms with Crippen molar-refractivity contribution in [1.82, 2.24) is 0 Å². The summed E-state index contributed by atoms with van der Waals surface area (Å²) in [4.78, 5) is 23.0. The van der Waals surface area contributed by atoms with Crippen LogP contribution in [0.2, 0.25) is 0 Å². The molecule has 3 aromatic rings. The van der Waals surface area contributed by atoms with Crippen LogP contribution in [0.25, 0.3) is 0 Å². The van der Waals surface area contributed by atoms with Gasteiger partial charge in [0.05, 0.1) is 17.1 Å². The normalized spacial score (nSPS) is 27.0. The van der Waals surface area contributed by atoms with Crippen LogP contribution in [-0.4, -0.2) is 17.5 Å². The van der Waals surface area contributed by atoms with E-state index < -0.39 is 10.9 Å². The Labute approximate surface area is 167 Å². The van der Waals surface area contributed by atoms with Gasteiger partial charge in [-0.2, -0.15) is 0 Å². The number of benzene rings is 3. The van der Waals surface area contributed by atoms with Crippen molar-refractivity contribution in [3.05, 3.63) is 111 Å². The van der Waals surface area contributed by atoms with Gasteiger partial charge in [0, 0.05) is 35.3 Å². The number of hydrogen-bond donors (Lipinski definition) is 0. The first-order valence-corrected chi connectivity index (χ1v) is 9.72. The van der Waals surface area contributed by atoms with Crippen molar-refractivity contribution in [2.75, 3.05) is 6.61 Å². The summed E-state index contributed by atoms with van der Waals surface area (Å²) in [6, 6.07) is 22.7. The van der Waals surface area contributed by atoms with Gasteiger partial charge in [0.1, 0.15) is 0 Å². The molecule has 29 heavy (non-hydrogen) atoms. The lowest BCUT2D eigenvalue weighted by Crippen LogP contribution is -2.20. The third-order valence-electron chi connectivity index (χ3n) is 6.97. The highest BCUT2D eigenvalue weighted by Gasteiger charge is 2.78. The summed E-state index contributed by atoms with van der Waals surface area (Å²) < 4.78 is 5.79. The maximum absolute atomic E-state index is 12.6. The number of hydrogen-bond acceptors (Lipinski definition) is 4. The Bertz CT molecular complexity index is 1130. The third kappa shape index (κ3) is 2.02. The van der Waals surface area contributed by atoms with Gasteiger partial charge in [-0.1, -0.05) is 48.5 Å². The van der Waals surface area contributed by atoms with Crippen molar-refractivity contribution in [1.29, 1.82) is 0 Å². The lowest BCUT2D eigenvalue weighted by molar-refractivity contribution is -0.384. The first-order chi connectivity index (χ1) is 14.1. The number of rotatable bonds is 4. The van der Waals surface area contributed by atoms with E-state index in [2.05, 4.69) is 48.5 Å². The van der Waals surface area contributed by atoms with E-state index in [1.54, 1.807) is 0 Å². The molecule has 5 nitrogen and oxygen atoms in total. The zero-order chi connectivity index (χ0) is 19.8. The van der Waals surface area contributed by atoms with E-state index in [1.807, 2.05) is 0 Å². The minimum absolute atomic E-state index is 0.0397. The number of nitro groups is 1. The number of ether oxygens (including phenoxy) is 1. The van der Waals surface area contributed by atoms with Gasteiger partial charge in [-0.25, -0.2) is 4.79 Å². The SMILES string of the molecule is O=C(OCC12C3c4ccccc4C1C2c1ccccc13)c1ccc([N+](=O)[O-])cc1. The summed E-state index contributed by atoms with van der Waals surface area (Å²) >= 11 is 0. The number of non-ortho nitro benzene ring substituents is 1. The van der Waals surface area contributed by atoms with Crippen molar-refractivity contribution in [3.8, 4) is 0 Å². The number of fused-ring (bicyclic) bond motifs is 7. The quantitative estimate of drug-likeness (QED) is 0.369. The van der Waals surface area contributed by atoms with Gasteiger partial charge < -0.3 is 4.74 Å². The summed E-state index contributed by atoms with van der Waals surface area (Å²) in [5.41, 5.74) is 5.67. The van der Waals surface area contributed by atoms with Gasteiger partial charge in [-0.15, -0.1) is 0 Å². The van der Waals surface area contributed by atoms with Crippen LogP contribution in [0.3, 0.4) is 0 Å². The highest BCUT2D eigenvalue weighted by atomic mass is 16.6. The van der Waals surface area contributed by atoms with E-state index in [-0.39, 0.29) is 17.0 Å². The second-order valence-corrected chi connectivity index (χ2v) is 8.14. The fourth-order valence-electron chi connectivity index (χ4n) is 5.87. The fraction of sp³-hybridized carbons (Fsp3) is 0.208. The monoisotopic (exact) mass is 383 g/mol. The predicted octanol–water partition coefficient (Wildman–Crippen LogP) is 4.78. The van der Waals surface area contributed by atoms with E-state index in [4.69, 9.17) is 4.74 Å². The highest BCUT2D eigenvalue weighted by Crippen LogP contribution is 2.85. The molecule has 0 amide bonds. The Hall–Kier alpha value is -3.47. The molecule has 0 heterocycles. The standard InChI is InChI=1S/C24H17NO4/c26-23(14-9-11-15(12-10-14)25(27)28)29-13-24-20-16-5-1-3-7-18(16)21(24)22(24)19-8-4-2-6-17(19)20/h1-12,20-22H,13H2. The fourth-order valence-corrected chi connectivity index (χ4v) is 5.87. The Morgan fingerprint density at radius 2 is 1.38 bits per heavy atom. The molecule has 3 aliphatic carbocycles. The summed E-state index contributed by atoms with van der Waals surface area (Å²) in [6.07, 6.45) is 0. The first kappa shape index (κ1) is 16.5. The lowest BCUT2D eigenvalue weighted by atomic mass is 9.85. The van der Waals surface area contributed by atoms with Gasteiger partial charge in [-0.3, -0.25) is 10.1 Å². The predicted molar refractivity (Wildman–Crippen MR) is 106 cm³/mol. The van der Waals surface area contributed by atoms with Crippen LogP contribution in [0.15, 0.2) is 72.8 Å². The Morgan fingerprint density at radius 1 is 0.862 bits per heavy atom. The highest BCUT2D eigenvalue weighted by molar-refractivity contribution is 5.89. The maximum Gasteiger partial charge on any atom is 0.338 e. The minimum Gasteiger partial charge on any atom is -0.461 e. The maximum atomic E-state index is 12.6. The van der Waals surface area contributed by atoms with Crippen molar-refractivity contribution in [2.24, 2.45) is 5.41 Å². The van der Waals surface area contributed by atoms with E-state index in [1.165, 1.54) is 46.5 Å². The Balaban J connectivity index is 1.30. The zero-order valence-corrected chi connectivity index (χ0v) is 15.4. The lowest BCUT2D eigenvalue weighted by Gasteiger charge is -2.21. The molecule has 142 valence electrons. The average molecular weight is 383 g/mol. The molecule has 2 unspecified atom stereocenters. The summed E-state index contributed by atoms with van der Waals surface area (Å²) in [7, 11) is 0. The second kappa shape index (κ2) is 5.54. The van der Waals surface area contributed by atoms with E-state index >= 15 is 0 Å². The molecule has 0 saturated heterocycles. The van der Waals surface area contributed by atoms with Crippen LogP contribution in [-0.2, 0) is 4.74 Å². The average Bonchev–Trinajstić information content (AvgIpc) is 3.25. The van der Waals surface area contributed by atoms with Crippen LogP contribution in [0.4, 0.5) is 5.69 Å². The molecule has 0 aliphatic heterocycles. The zero-order valence-electron chi connectivity index (χ0n) is 15.4. The summed E-state index contributed by atoms with van der Waals surface area (Å²) in [6.45, 7) is 0.353. The first-order valence-electron chi connectivity index (χ1n) is 9.72. The Kier molecular flexibility index (Phi) is 3.15. The van der Waals surface area contributed by atoms with Crippen LogP contribution in [0.1, 0.15) is 50.4 Å². The molecular weight excluding hydrogens is 366 g/mol. The number of carbonyl (C=O) groups excluding carboxylic acids is 1. The molecule has 2 atom stereocenters. The van der Waals surface area contributed by atoms with Crippen molar-refractivity contribution >= 4 is 11.7 Å². The van der Waals surface area contributed by atoms with Crippen molar-refractivity contribution in [3.63, 3.8) is 0 Å². The molecule has 6 rings (SSSR count). The van der Waals surface area contributed by atoms with E-state index in [0.29, 0.717) is 24.0 Å². The van der Waals surface area contributed by atoms with E-state index in [9.17, 15) is 14.9 Å². The number of carbonyl (C=O) groups is 1.